The van der Waals surface area contributed by atoms with Gasteiger partial charge in [-0.15, -0.1) is 0 Å². The van der Waals surface area contributed by atoms with E-state index in [0.29, 0.717) is 25.6 Å². The van der Waals surface area contributed by atoms with Crippen molar-refractivity contribution >= 4 is 22.5 Å². The molecule has 8 heteroatoms. The number of aromatic nitrogens is 4. The lowest BCUT2D eigenvalue weighted by molar-refractivity contribution is -0.132. The Morgan fingerprint density at radius 1 is 1.00 bits per heavy atom. The van der Waals surface area contributed by atoms with Crippen molar-refractivity contribution in [2.75, 3.05) is 38.2 Å². The van der Waals surface area contributed by atoms with Gasteiger partial charge in [-0.05, 0) is 18.2 Å². The third-order valence-electron chi connectivity index (χ3n) is 5.88. The predicted molar refractivity (Wildman–Crippen MR) is 123 cm³/mol. The van der Waals surface area contributed by atoms with Crippen LogP contribution in [0.5, 0.6) is 6.01 Å². The number of anilines is 1. The molecule has 4 heterocycles. The minimum absolute atomic E-state index is 0.128. The summed E-state index contributed by atoms with van der Waals surface area (Å²) in [6, 6.07) is 12.6. The Hall–Kier alpha value is -3.94. The first-order valence-electron chi connectivity index (χ1n) is 10.6. The number of amides is 1. The van der Waals surface area contributed by atoms with Crippen LogP contribution in [0.15, 0.2) is 67.4 Å². The van der Waals surface area contributed by atoms with E-state index in [9.17, 15) is 4.79 Å². The van der Waals surface area contributed by atoms with Crippen molar-refractivity contribution in [1.82, 2.24) is 24.4 Å². The van der Waals surface area contributed by atoms with Gasteiger partial charge in [-0.25, -0.2) is 9.97 Å². The number of methoxy groups -OCH3 is 1. The van der Waals surface area contributed by atoms with Crippen molar-refractivity contribution in [2.24, 2.45) is 0 Å². The van der Waals surface area contributed by atoms with Gasteiger partial charge in [0.15, 0.2) is 0 Å². The van der Waals surface area contributed by atoms with Crippen molar-refractivity contribution in [2.45, 2.75) is 6.54 Å². The van der Waals surface area contributed by atoms with Crippen molar-refractivity contribution in [3.63, 3.8) is 0 Å². The monoisotopic (exact) mass is 428 g/mol. The highest BCUT2D eigenvalue weighted by molar-refractivity contribution is 5.83. The van der Waals surface area contributed by atoms with Crippen LogP contribution < -0.4 is 9.64 Å². The molecular weight excluding hydrogens is 404 g/mol. The zero-order valence-corrected chi connectivity index (χ0v) is 17.9. The van der Waals surface area contributed by atoms with Crippen LogP contribution in [0, 0.1) is 0 Å². The second-order valence-corrected chi connectivity index (χ2v) is 7.72. The maximum Gasteiger partial charge on any atom is 0.316 e. The van der Waals surface area contributed by atoms with Gasteiger partial charge >= 0.3 is 6.01 Å². The first kappa shape index (κ1) is 20.0. The zero-order valence-electron chi connectivity index (χ0n) is 17.9. The molecule has 1 amide bonds. The molecule has 1 aliphatic rings. The number of piperazine rings is 1. The zero-order chi connectivity index (χ0) is 21.9. The molecule has 0 saturated carbocycles. The highest BCUT2D eigenvalue weighted by Crippen LogP contribution is 2.31. The Morgan fingerprint density at radius 3 is 2.56 bits per heavy atom. The summed E-state index contributed by atoms with van der Waals surface area (Å²) in [5, 5.41) is 1.09. The highest BCUT2D eigenvalue weighted by Gasteiger charge is 2.23. The molecule has 1 aromatic carbocycles. The van der Waals surface area contributed by atoms with E-state index in [1.165, 1.54) is 0 Å². The minimum Gasteiger partial charge on any atom is -0.467 e. The van der Waals surface area contributed by atoms with Crippen molar-refractivity contribution in [3.05, 3.63) is 67.4 Å². The van der Waals surface area contributed by atoms with E-state index < -0.39 is 0 Å². The maximum atomic E-state index is 12.9. The van der Waals surface area contributed by atoms with Gasteiger partial charge < -0.3 is 19.1 Å². The number of hydrogen-bond donors (Lipinski definition) is 0. The molecule has 0 atom stereocenters. The lowest BCUT2D eigenvalue weighted by Crippen LogP contribution is -2.49. The fourth-order valence-corrected chi connectivity index (χ4v) is 4.16. The van der Waals surface area contributed by atoms with Gasteiger partial charge in [-0.2, -0.15) is 0 Å². The molecule has 4 aromatic rings. The first-order chi connectivity index (χ1) is 15.7. The molecular formula is C24H24N6O2. The summed E-state index contributed by atoms with van der Waals surface area (Å²) in [4.78, 5) is 29.9. The molecule has 3 aromatic heterocycles. The molecule has 8 nitrogen and oxygen atoms in total. The molecule has 1 aliphatic heterocycles. The SMILES string of the molecule is COc1ncc(-c2ccccc2N2CCN(C(=O)Cn3ccc4ccncc43)CC2)cn1. The summed E-state index contributed by atoms with van der Waals surface area (Å²) in [7, 11) is 1.55. The van der Waals surface area contributed by atoms with Gasteiger partial charge in [0, 0.05) is 73.2 Å². The fourth-order valence-electron chi connectivity index (χ4n) is 4.16. The van der Waals surface area contributed by atoms with Crippen LogP contribution in [-0.2, 0) is 11.3 Å². The van der Waals surface area contributed by atoms with Crippen LogP contribution in [0.2, 0.25) is 0 Å². The van der Waals surface area contributed by atoms with E-state index in [2.05, 4.69) is 32.0 Å². The number of carbonyl (C=O) groups is 1. The number of benzene rings is 1. The van der Waals surface area contributed by atoms with Gasteiger partial charge in [0.2, 0.25) is 5.91 Å². The van der Waals surface area contributed by atoms with Crippen LogP contribution in [-0.4, -0.2) is 63.6 Å². The summed E-state index contributed by atoms with van der Waals surface area (Å²) in [5.74, 6) is 0.128. The number of carbonyl (C=O) groups excluding carboxylic acids is 1. The molecule has 0 bridgehead atoms. The van der Waals surface area contributed by atoms with Crippen LogP contribution in [0.3, 0.4) is 0 Å². The molecule has 32 heavy (non-hydrogen) atoms. The fraction of sp³-hybridized carbons (Fsp3) is 0.250. The van der Waals surface area contributed by atoms with Gasteiger partial charge in [0.1, 0.15) is 6.54 Å². The molecule has 0 spiro atoms. The molecule has 5 rings (SSSR count). The average molecular weight is 428 g/mol. The minimum atomic E-state index is 0.128. The summed E-state index contributed by atoms with van der Waals surface area (Å²) in [5.41, 5.74) is 4.11. The topological polar surface area (TPSA) is 76.4 Å². The van der Waals surface area contributed by atoms with Crippen molar-refractivity contribution < 1.29 is 9.53 Å². The third-order valence-corrected chi connectivity index (χ3v) is 5.88. The summed E-state index contributed by atoms with van der Waals surface area (Å²) in [6.45, 7) is 3.24. The van der Waals surface area contributed by atoms with E-state index in [0.717, 1.165) is 40.8 Å². The lowest BCUT2D eigenvalue weighted by Gasteiger charge is -2.37. The van der Waals surface area contributed by atoms with Gasteiger partial charge in [-0.3, -0.25) is 9.78 Å². The Labute approximate surface area is 186 Å². The highest BCUT2D eigenvalue weighted by atomic mass is 16.5. The van der Waals surface area contributed by atoms with Gasteiger partial charge in [-0.1, -0.05) is 18.2 Å². The van der Waals surface area contributed by atoms with E-state index >= 15 is 0 Å². The maximum absolute atomic E-state index is 12.9. The summed E-state index contributed by atoms with van der Waals surface area (Å²) in [6.07, 6.45) is 9.08. The standard InChI is InChI=1S/C24H24N6O2/c1-32-24-26-14-19(15-27-24)20-4-2-3-5-21(20)28-10-12-29(13-11-28)23(31)17-30-9-7-18-6-8-25-16-22(18)30/h2-9,14-16H,10-13,17H2,1H3. The molecule has 1 fully saturated rings. The van der Waals surface area contributed by atoms with Crippen molar-refractivity contribution in [3.8, 4) is 17.1 Å². The van der Waals surface area contributed by atoms with Crippen LogP contribution >= 0.6 is 0 Å². The Kier molecular flexibility index (Phi) is 5.41. The van der Waals surface area contributed by atoms with Crippen LogP contribution in [0.25, 0.3) is 22.0 Å². The second kappa shape index (κ2) is 8.66. The predicted octanol–water partition coefficient (Wildman–Crippen LogP) is 2.85. The third kappa shape index (κ3) is 3.87. The largest absolute Gasteiger partial charge is 0.467 e. The number of para-hydroxylation sites is 1. The summed E-state index contributed by atoms with van der Waals surface area (Å²) < 4.78 is 7.04. The number of ether oxygens (including phenoxy) is 1. The van der Waals surface area contributed by atoms with E-state index in [-0.39, 0.29) is 5.91 Å². The smallest absolute Gasteiger partial charge is 0.316 e. The van der Waals surface area contributed by atoms with E-state index in [1.54, 1.807) is 31.9 Å². The number of rotatable bonds is 5. The Balaban J connectivity index is 1.27. The van der Waals surface area contributed by atoms with E-state index in [1.807, 2.05) is 39.9 Å². The average Bonchev–Trinajstić information content (AvgIpc) is 3.27. The number of nitrogens with zero attached hydrogens (tertiary/aromatic N) is 6. The van der Waals surface area contributed by atoms with Crippen molar-refractivity contribution in [1.29, 1.82) is 0 Å². The summed E-state index contributed by atoms with van der Waals surface area (Å²) >= 11 is 0. The number of pyridine rings is 1. The molecule has 1 saturated heterocycles. The van der Waals surface area contributed by atoms with Gasteiger partial charge in [0.05, 0.1) is 18.8 Å². The molecule has 0 radical (unpaired) electrons. The second-order valence-electron chi connectivity index (χ2n) is 7.72. The quantitative estimate of drug-likeness (QED) is 0.487. The molecule has 0 N–H and O–H groups in total. The van der Waals surface area contributed by atoms with Crippen LogP contribution in [0.4, 0.5) is 5.69 Å². The van der Waals surface area contributed by atoms with Crippen LogP contribution in [0.1, 0.15) is 0 Å². The Bertz CT molecular complexity index is 1230. The lowest BCUT2D eigenvalue weighted by atomic mass is 10.1. The number of hydrogen-bond acceptors (Lipinski definition) is 6. The Morgan fingerprint density at radius 2 is 1.78 bits per heavy atom. The number of fused-ring (bicyclic) bond motifs is 1. The molecule has 162 valence electrons. The first-order valence-corrected chi connectivity index (χ1v) is 10.6. The van der Waals surface area contributed by atoms with Gasteiger partial charge in [0.25, 0.3) is 0 Å². The molecule has 0 unspecified atom stereocenters. The van der Waals surface area contributed by atoms with E-state index in [4.69, 9.17) is 4.74 Å². The normalized spacial score (nSPS) is 14.0. The molecule has 0 aliphatic carbocycles.